The molecule has 1 aliphatic rings. The van der Waals surface area contributed by atoms with Crippen LogP contribution in [0.25, 0.3) is 0 Å². The molecule has 1 rings (SSSR count). The van der Waals surface area contributed by atoms with E-state index in [2.05, 4.69) is 13.8 Å². The second-order valence-electron chi connectivity index (χ2n) is 5.28. The predicted octanol–water partition coefficient (Wildman–Crippen LogP) is 2.53. The quantitative estimate of drug-likeness (QED) is 0.760. The van der Waals surface area contributed by atoms with Crippen LogP contribution in [0.4, 0.5) is 0 Å². The van der Waals surface area contributed by atoms with Gasteiger partial charge in [0.2, 0.25) is 5.91 Å². The average Bonchev–Trinajstić information content (AvgIpc) is 2.83. The van der Waals surface area contributed by atoms with Crippen molar-refractivity contribution in [1.82, 2.24) is 4.90 Å². The zero-order chi connectivity index (χ0) is 13.5. The zero-order valence-corrected chi connectivity index (χ0v) is 11.5. The van der Waals surface area contributed by atoms with Gasteiger partial charge in [0.15, 0.2) is 0 Å². The highest BCUT2D eigenvalue weighted by Crippen LogP contribution is 2.22. The maximum absolute atomic E-state index is 12.1. The van der Waals surface area contributed by atoms with Crippen molar-refractivity contribution in [2.24, 2.45) is 11.8 Å². The number of nitrogens with zero attached hydrogens (tertiary/aromatic N) is 1. The number of aliphatic carboxylic acids is 1. The molecule has 0 spiro atoms. The normalized spacial score (nSPS) is 21.0. The van der Waals surface area contributed by atoms with Crippen molar-refractivity contribution in [1.29, 1.82) is 0 Å². The van der Waals surface area contributed by atoms with Crippen LogP contribution in [0.15, 0.2) is 0 Å². The van der Waals surface area contributed by atoms with E-state index in [9.17, 15) is 9.59 Å². The van der Waals surface area contributed by atoms with Crippen molar-refractivity contribution < 1.29 is 14.7 Å². The molecule has 1 N–H and O–H groups in total. The summed E-state index contributed by atoms with van der Waals surface area (Å²) < 4.78 is 0. The van der Waals surface area contributed by atoms with Gasteiger partial charge >= 0.3 is 5.97 Å². The van der Waals surface area contributed by atoms with Gasteiger partial charge in [-0.25, -0.2) is 0 Å². The number of hydrogen-bond donors (Lipinski definition) is 1. The van der Waals surface area contributed by atoms with E-state index in [1.54, 1.807) is 4.90 Å². The molecule has 4 nitrogen and oxygen atoms in total. The van der Waals surface area contributed by atoms with Gasteiger partial charge in [0.1, 0.15) is 0 Å². The van der Waals surface area contributed by atoms with Crippen molar-refractivity contribution in [2.75, 3.05) is 13.1 Å². The van der Waals surface area contributed by atoms with Gasteiger partial charge < -0.3 is 10.0 Å². The number of likely N-dealkylation sites (tertiary alicyclic amines) is 1. The Labute approximate surface area is 109 Å². The highest BCUT2D eigenvalue weighted by atomic mass is 16.4. The monoisotopic (exact) mass is 255 g/mol. The molecule has 1 fully saturated rings. The fourth-order valence-electron chi connectivity index (χ4n) is 2.51. The molecule has 2 unspecified atom stereocenters. The van der Waals surface area contributed by atoms with E-state index < -0.39 is 5.97 Å². The van der Waals surface area contributed by atoms with E-state index in [1.165, 1.54) is 6.42 Å². The fraction of sp³-hybridized carbons (Fsp3) is 0.857. The predicted molar refractivity (Wildman–Crippen MR) is 70.2 cm³/mol. The van der Waals surface area contributed by atoms with Crippen LogP contribution in [0.1, 0.15) is 52.4 Å². The van der Waals surface area contributed by atoms with Crippen molar-refractivity contribution in [3.05, 3.63) is 0 Å². The molecule has 1 aliphatic heterocycles. The van der Waals surface area contributed by atoms with Crippen molar-refractivity contribution in [2.45, 2.75) is 52.4 Å². The Morgan fingerprint density at radius 2 is 2.11 bits per heavy atom. The first-order valence-corrected chi connectivity index (χ1v) is 7.09. The summed E-state index contributed by atoms with van der Waals surface area (Å²) in [6.07, 6.45) is 5.66. The molecule has 0 bridgehead atoms. The first-order valence-electron chi connectivity index (χ1n) is 7.09. The van der Waals surface area contributed by atoms with Crippen LogP contribution in [0.2, 0.25) is 0 Å². The summed E-state index contributed by atoms with van der Waals surface area (Å²) in [5, 5.41) is 8.92. The van der Waals surface area contributed by atoms with Crippen LogP contribution in [0, 0.1) is 11.8 Å². The largest absolute Gasteiger partial charge is 0.481 e. The SMILES string of the molecule is CCCCC(CC)CC(=O)N1CCC(C(=O)O)C1. The molecule has 4 heteroatoms. The summed E-state index contributed by atoms with van der Waals surface area (Å²) in [6.45, 7) is 5.29. The van der Waals surface area contributed by atoms with Gasteiger partial charge in [-0.2, -0.15) is 0 Å². The zero-order valence-electron chi connectivity index (χ0n) is 11.5. The summed E-state index contributed by atoms with van der Waals surface area (Å²) in [5.74, 6) is -0.531. The molecule has 0 aromatic heterocycles. The Morgan fingerprint density at radius 1 is 1.39 bits per heavy atom. The van der Waals surface area contributed by atoms with Gasteiger partial charge in [0.25, 0.3) is 0 Å². The lowest BCUT2D eigenvalue weighted by molar-refractivity contribution is -0.141. The van der Waals surface area contributed by atoms with Gasteiger partial charge in [0, 0.05) is 19.5 Å². The Balaban J connectivity index is 2.38. The Hall–Kier alpha value is -1.06. The lowest BCUT2D eigenvalue weighted by Gasteiger charge is -2.20. The third-order valence-electron chi connectivity index (χ3n) is 3.90. The average molecular weight is 255 g/mol. The molecule has 0 aromatic rings. The van der Waals surface area contributed by atoms with Crippen LogP contribution in [0.3, 0.4) is 0 Å². The molecule has 2 atom stereocenters. The molecule has 0 radical (unpaired) electrons. The number of unbranched alkanes of at least 4 members (excludes halogenated alkanes) is 1. The van der Waals surface area contributed by atoms with E-state index in [1.807, 2.05) is 0 Å². The van der Waals surface area contributed by atoms with E-state index >= 15 is 0 Å². The van der Waals surface area contributed by atoms with Crippen LogP contribution in [-0.4, -0.2) is 35.0 Å². The van der Waals surface area contributed by atoms with Crippen molar-refractivity contribution in [3.63, 3.8) is 0 Å². The Kier molecular flexibility index (Phi) is 6.16. The molecule has 0 aromatic carbocycles. The van der Waals surface area contributed by atoms with E-state index in [0.29, 0.717) is 31.8 Å². The standard InChI is InChI=1S/C14H25NO3/c1-3-5-6-11(4-2)9-13(16)15-8-7-12(10-15)14(17)18/h11-12H,3-10H2,1-2H3,(H,17,18). The maximum Gasteiger partial charge on any atom is 0.308 e. The van der Waals surface area contributed by atoms with Crippen LogP contribution >= 0.6 is 0 Å². The number of amides is 1. The molecule has 1 heterocycles. The lowest BCUT2D eigenvalue weighted by Crippen LogP contribution is -2.31. The molecule has 0 aliphatic carbocycles. The molecule has 104 valence electrons. The number of rotatable bonds is 7. The van der Waals surface area contributed by atoms with Crippen LogP contribution in [0.5, 0.6) is 0 Å². The number of carbonyl (C=O) groups excluding carboxylic acids is 1. The molecular formula is C14H25NO3. The van der Waals surface area contributed by atoms with Gasteiger partial charge in [-0.3, -0.25) is 9.59 Å². The van der Waals surface area contributed by atoms with E-state index in [-0.39, 0.29) is 11.8 Å². The van der Waals surface area contributed by atoms with Gasteiger partial charge in [-0.1, -0.05) is 33.1 Å². The van der Waals surface area contributed by atoms with E-state index in [4.69, 9.17) is 5.11 Å². The first kappa shape index (κ1) is 15.0. The minimum absolute atomic E-state index is 0.140. The number of hydrogen-bond acceptors (Lipinski definition) is 2. The third-order valence-corrected chi connectivity index (χ3v) is 3.90. The van der Waals surface area contributed by atoms with Gasteiger partial charge in [-0.05, 0) is 18.8 Å². The highest BCUT2D eigenvalue weighted by molar-refractivity contribution is 5.78. The summed E-state index contributed by atoms with van der Waals surface area (Å²) >= 11 is 0. The summed E-state index contributed by atoms with van der Waals surface area (Å²) in [7, 11) is 0. The van der Waals surface area contributed by atoms with Gasteiger partial charge in [0.05, 0.1) is 5.92 Å². The molecule has 1 amide bonds. The topological polar surface area (TPSA) is 57.6 Å². The maximum atomic E-state index is 12.1. The van der Waals surface area contributed by atoms with E-state index in [0.717, 1.165) is 19.3 Å². The molecule has 1 saturated heterocycles. The fourth-order valence-corrected chi connectivity index (χ4v) is 2.51. The number of carboxylic acid groups (broad SMARTS) is 1. The minimum atomic E-state index is -0.775. The first-order chi connectivity index (χ1) is 8.58. The number of carbonyl (C=O) groups is 2. The Bertz CT molecular complexity index is 291. The summed E-state index contributed by atoms with van der Waals surface area (Å²) in [4.78, 5) is 24.7. The summed E-state index contributed by atoms with van der Waals surface area (Å²) in [5.41, 5.74) is 0. The van der Waals surface area contributed by atoms with Gasteiger partial charge in [-0.15, -0.1) is 0 Å². The highest BCUT2D eigenvalue weighted by Gasteiger charge is 2.31. The van der Waals surface area contributed by atoms with Crippen molar-refractivity contribution in [3.8, 4) is 0 Å². The number of carboxylic acids is 1. The smallest absolute Gasteiger partial charge is 0.308 e. The summed E-state index contributed by atoms with van der Waals surface area (Å²) in [6, 6.07) is 0. The molecule has 0 saturated carbocycles. The third kappa shape index (κ3) is 4.31. The minimum Gasteiger partial charge on any atom is -0.481 e. The van der Waals surface area contributed by atoms with Crippen LogP contribution < -0.4 is 0 Å². The van der Waals surface area contributed by atoms with Crippen LogP contribution in [-0.2, 0) is 9.59 Å². The van der Waals surface area contributed by atoms with Crippen molar-refractivity contribution >= 4 is 11.9 Å². The second-order valence-corrected chi connectivity index (χ2v) is 5.28. The Morgan fingerprint density at radius 3 is 2.61 bits per heavy atom. The molecule has 18 heavy (non-hydrogen) atoms. The molecular weight excluding hydrogens is 230 g/mol. The second kappa shape index (κ2) is 7.39. The lowest BCUT2D eigenvalue weighted by atomic mass is 9.95.